The van der Waals surface area contributed by atoms with Gasteiger partial charge in [-0.2, -0.15) is 0 Å². The Morgan fingerprint density at radius 3 is 2.41 bits per heavy atom. The number of rotatable bonds is 7. The molecule has 1 unspecified atom stereocenters. The van der Waals surface area contributed by atoms with Crippen LogP contribution in [0.2, 0.25) is 0 Å². The third-order valence-electron chi connectivity index (χ3n) is 4.20. The molecule has 27 heavy (non-hydrogen) atoms. The number of hydrogen-bond acceptors (Lipinski definition) is 5. The highest BCUT2D eigenvalue weighted by Gasteiger charge is 2.43. The SMILES string of the molecule is Cc1ccc(NC(=O)C(C)OC(=O)CCCN2C(=O)NC(C)(C)C2=O)cc1. The summed E-state index contributed by atoms with van der Waals surface area (Å²) in [4.78, 5) is 48.9. The highest BCUT2D eigenvalue weighted by molar-refractivity contribution is 6.06. The molecule has 2 N–H and O–H groups in total. The standard InChI is InChI=1S/C19H25N3O5/c1-12-7-9-14(10-8-12)20-16(24)13(2)27-15(23)6-5-11-22-17(25)19(3,4)21-18(22)26/h7-10,13H,5-6,11H2,1-4H3,(H,20,24)(H,21,26). The minimum Gasteiger partial charge on any atom is -0.453 e. The average Bonchev–Trinajstić information content (AvgIpc) is 2.78. The van der Waals surface area contributed by atoms with Crippen molar-refractivity contribution in [1.29, 1.82) is 0 Å². The molecule has 2 rings (SSSR count). The van der Waals surface area contributed by atoms with Crippen molar-refractivity contribution in [2.24, 2.45) is 0 Å². The molecule has 0 aliphatic carbocycles. The maximum absolute atomic E-state index is 12.1. The first-order valence-corrected chi connectivity index (χ1v) is 8.81. The molecule has 1 aliphatic rings. The van der Waals surface area contributed by atoms with E-state index in [4.69, 9.17) is 4.74 Å². The zero-order valence-corrected chi connectivity index (χ0v) is 16.0. The Balaban J connectivity index is 1.75. The first-order valence-electron chi connectivity index (χ1n) is 8.81. The highest BCUT2D eigenvalue weighted by Crippen LogP contribution is 2.17. The zero-order valence-electron chi connectivity index (χ0n) is 16.0. The predicted octanol–water partition coefficient (Wildman–Crippen LogP) is 1.98. The number of carbonyl (C=O) groups excluding carboxylic acids is 4. The molecule has 0 saturated carbocycles. The van der Waals surface area contributed by atoms with Gasteiger partial charge >= 0.3 is 12.0 Å². The second kappa shape index (κ2) is 8.20. The van der Waals surface area contributed by atoms with E-state index in [9.17, 15) is 19.2 Å². The number of hydrogen-bond donors (Lipinski definition) is 2. The Bertz CT molecular complexity index is 742. The van der Waals surface area contributed by atoms with E-state index in [0.29, 0.717) is 5.69 Å². The van der Waals surface area contributed by atoms with E-state index in [1.165, 1.54) is 6.92 Å². The molecule has 1 heterocycles. The molecule has 0 aromatic heterocycles. The average molecular weight is 375 g/mol. The number of nitrogens with zero attached hydrogens (tertiary/aromatic N) is 1. The minimum absolute atomic E-state index is 0.000357. The monoisotopic (exact) mass is 375 g/mol. The van der Waals surface area contributed by atoms with Gasteiger partial charge in [0.1, 0.15) is 5.54 Å². The zero-order chi connectivity index (χ0) is 20.2. The number of nitrogens with one attached hydrogen (secondary N) is 2. The molecular formula is C19H25N3O5. The molecule has 1 fully saturated rings. The molecule has 4 amide bonds. The van der Waals surface area contributed by atoms with E-state index >= 15 is 0 Å². The van der Waals surface area contributed by atoms with Crippen molar-refractivity contribution >= 4 is 29.5 Å². The lowest BCUT2D eigenvalue weighted by molar-refractivity contribution is -0.153. The van der Waals surface area contributed by atoms with Crippen molar-refractivity contribution in [3.8, 4) is 0 Å². The maximum Gasteiger partial charge on any atom is 0.325 e. The fourth-order valence-electron chi connectivity index (χ4n) is 2.59. The molecule has 1 aromatic carbocycles. The molecule has 0 spiro atoms. The molecule has 0 radical (unpaired) electrons. The van der Waals surface area contributed by atoms with Crippen LogP contribution in [0.3, 0.4) is 0 Å². The number of esters is 1. The Morgan fingerprint density at radius 1 is 1.22 bits per heavy atom. The summed E-state index contributed by atoms with van der Waals surface area (Å²) in [5.74, 6) is -1.32. The van der Waals surface area contributed by atoms with Gasteiger partial charge in [-0.05, 0) is 46.2 Å². The van der Waals surface area contributed by atoms with E-state index in [2.05, 4.69) is 10.6 Å². The van der Waals surface area contributed by atoms with Crippen LogP contribution in [-0.4, -0.2) is 46.9 Å². The van der Waals surface area contributed by atoms with E-state index in [1.54, 1.807) is 26.0 Å². The van der Waals surface area contributed by atoms with Crippen molar-refractivity contribution in [1.82, 2.24) is 10.2 Å². The third-order valence-corrected chi connectivity index (χ3v) is 4.20. The van der Waals surface area contributed by atoms with Crippen LogP contribution in [0.4, 0.5) is 10.5 Å². The smallest absolute Gasteiger partial charge is 0.325 e. The van der Waals surface area contributed by atoms with Crippen LogP contribution in [0.15, 0.2) is 24.3 Å². The molecule has 1 atom stereocenters. The second-order valence-electron chi connectivity index (χ2n) is 7.10. The van der Waals surface area contributed by atoms with Crippen LogP contribution < -0.4 is 10.6 Å². The van der Waals surface area contributed by atoms with Gasteiger partial charge < -0.3 is 15.4 Å². The molecule has 8 nitrogen and oxygen atoms in total. The topological polar surface area (TPSA) is 105 Å². The van der Waals surface area contributed by atoms with Gasteiger partial charge in [0.05, 0.1) is 0 Å². The van der Waals surface area contributed by atoms with Crippen molar-refractivity contribution < 1.29 is 23.9 Å². The molecule has 1 aliphatic heterocycles. The van der Waals surface area contributed by atoms with Crippen molar-refractivity contribution in [3.63, 3.8) is 0 Å². The first-order chi connectivity index (χ1) is 12.6. The summed E-state index contributed by atoms with van der Waals surface area (Å²) in [6, 6.07) is 6.79. The predicted molar refractivity (Wildman–Crippen MR) is 98.9 cm³/mol. The summed E-state index contributed by atoms with van der Waals surface area (Å²) < 4.78 is 5.11. The Labute approximate surface area is 158 Å². The number of anilines is 1. The Morgan fingerprint density at radius 2 is 1.85 bits per heavy atom. The number of ether oxygens (including phenoxy) is 1. The molecule has 0 bridgehead atoms. The lowest BCUT2D eigenvalue weighted by atomic mass is 10.1. The van der Waals surface area contributed by atoms with Gasteiger partial charge in [0.15, 0.2) is 6.10 Å². The summed E-state index contributed by atoms with van der Waals surface area (Å²) in [6.07, 6.45) is -0.686. The van der Waals surface area contributed by atoms with Crippen molar-refractivity contribution in [2.45, 2.75) is 52.2 Å². The number of benzene rings is 1. The van der Waals surface area contributed by atoms with Gasteiger partial charge in [-0.1, -0.05) is 17.7 Å². The number of carbonyl (C=O) groups is 4. The quantitative estimate of drug-likeness (QED) is 0.560. The molecule has 1 aromatic rings. The lowest BCUT2D eigenvalue weighted by Gasteiger charge is -2.16. The van der Waals surface area contributed by atoms with E-state index in [-0.39, 0.29) is 25.3 Å². The molecule has 146 valence electrons. The van der Waals surface area contributed by atoms with Gasteiger partial charge in [-0.3, -0.25) is 19.3 Å². The number of aryl methyl sites for hydroxylation is 1. The summed E-state index contributed by atoms with van der Waals surface area (Å²) in [6.45, 7) is 6.79. The van der Waals surface area contributed by atoms with Crippen LogP contribution in [0.5, 0.6) is 0 Å². The lowest BCUT2D eigenvalue weighted by Crippen LogP contribution is -2.40. The van der Waals surface area contributed by atoms with E-state index < -0.39 is 29.6 Å². The van der Waals surface area contributed by atoms with Crippen LogP contribution in [0.25, 0.3) is 0 Å². The number of amides is 4. The fourth-order valence-corrected chi connectivity index (χ4v) is 2.59. The minimum atomic E-state index is -0.950. The van der Waals surface area contributed by atoms with Gasteiger partial charge in [0.2, 0.25) is 0 Å². The van der Waals surface area contributed by atoms with Crippen LogP contribution in [0, 0.1) is 6.92 Å². The summed E-state index contributed by atoms with van der Waals surface area (Å²) in [7, 11) is 0. The number of imide groups is 1. The fraction of sp³-hybridized carbons (Fsp3) is 0.474. The van der Waals surface area contributed by atoms with Crippen LogP contribution in [0.1, 0.15) is 39.2 Å². The van der Waals surface area contributed by atoms with Crippen molar-refractivity contribution in [2.75, 3.05) is 11.9 Å². The van der Waals surface area contributed by atoms with Crippen molar-refractivity contribution in [3.05, 3.63) is 29.8 Å². The summed E-state index contributed by atoms with van der Waals surface area (Å²) in [5.41, 5.74) is 0.760. The van der Waals surface area contributed by atoms with Crippen LogP contribution in [-0.2, 0) is 19.1 Å². The summed E-state index contributed by atoms with van der Waals surface area (Å²) >= 11 is 0. The summed E-state index contributed by atoms with van der Waals surface area (Å²) in [5, 5.41) is 5.25. The van der Waals surface area contributed by atoms with Gasteiger partial charge in [-0.25, -0.2) is 4.79 Å². The van der Waals surface area contributed by atoms with Gasteiger partial charge in [-0.15, -0.1) is 0 Å². The normalized spacial score (nSPS) is 16.7. The number of urea groups is 1. The van der Waals surface area contributed by atoms with Gasteiger partial charge in [0.25, 0.3) is 11.8 Å². The van der Waals surface area contributed by atoms with E-state index in [0.717, 1.165) is 10.5 Å². The third kappa shape index (κ3) is 5.29. The highest BCUT2D eigenvalue weighted by atomic mass is 16.5. The maximum atomic E-state index is 12.1. The molecule has 1 saturated heterocycles. The largest absolute Gasteiger partial charge is 0.453 e. The first kappa shape index (κ1) is 20.4. The Kier molecular flexibility index (Phi) is 6.20. The molecular weight excluding hydrogens is 350 g/mol. The van der Waals surface area contributed by atoms with E-state index in [1.807, 2.05) is 19.1 Å². The van der Waals surface area contributed by atoms with Gasteiger partial charge in [0, 0.05) is 18.7 Å². The molecule has 8 heteroatoms. The Hall–Kier alpha value is -2.90. The van der Waals surface area contributed by atoms with Crippen LogP contribution >= 0.6 is 0 Å². The second-order valence-corrected chi connectivity index (χ2v) is 7.10.